The van der Waals surface area contributed by atoms with Gasteiger partial charge >= 0.3 is 0 Å². The third kappa shape index (κ3) is 3.38. The first-order valence-corrected chi connectivity index (χ1v) is 8.74. The van der Waals surface area contributed by atoms with E-state index in [0.29, 0.717) is 11.3 Å². The lowest BCUT2D eigenvalue weighted by Crippen LogP contribution is -2.12. The third-order valence-corrected chi connectivity index (χ3v) is 4.81. The molecule has 0 fully saturated rings. The Morgan fingerprint density at radius 3 is 2.70 bits per heavy atom. The number of Topliss-reactive ketones (excluding diaryl/α,β-unsaturated/α-hetero) is 1. The quantitative estimate of drug-likeness (QED) is 0.599. The smallest absolute Gasteiger partial charge is 0.202 e. The van der Waals surface area contributed by atoms with Crippen molar-refractivity contribution < 1.29 is 9.53 Å². The number of ether oxygens (including phenoxy) is 1. The van der Waals surface area contributed by atoms with Crippen molar-refractivity contribution in [2.45, 2.75) is 13.8 Å². The molecule has 0 aliphatic heterocycles. The van der Waals surface area contributed by atoms with Crippen LogP contribution in [-0.2, 0) is 0 Å². The molecule has 0 atom stereocenters. The van der Waals surface area contributed by atoms with Gasteiger partial charge in [0.25, 0.3) is 0 Å². The van der Waals surface area contributed by atoms with E-state index >= 15 is 0 Å². The molecule has 0 bridgehead atoms. The number of hydrogen-bond acceptors (Lipinski definition) is 4. The van der Waals surface area contributed by atoms with Crippen LogP contribution in [0.5, 0.6) is 5.75 Å². The lowest BCUT2D eigenvalue weighted by Gasteiger charge is -2.07. The second-order valence-electron chi connectivity index (χ2n) is 5.10. The van der Waals surface area contributed by atoms with Crippen molar-refractivity contribution in [2.75, 3.05) is 6.61 Å². The molecular weight excluding hydrogens is 376 g/mol. The van der Waals surface area contributed by atoms with E-state index in [1.54, 1.807) is 17.5 Å². The van der Waals surface area contributed by atoms with Gasteiger partial charge in [-0.1, -0.05) is 15.9 Å². The number of carbonyl (C=O) groups excluding carboxylic acids is 1. The molecule has 0 saturated heterocycles. The summed E-state index contributed by atoms with van der Waals surface area (Å²) in [5.74, 6) is 0.638. The van der Waals surface area contributed by atoms with Crippen LogP contribution in [0.3, 0.4) is 0 Å². The maximum absolute atomic E-state index is 12.5. The van der Waals surface area contributed by atoms with Crippen molar-refractivity contribution in [2.24, 2.45) is 0 Å². The molecular formula is C17H15BrN2O2S. The fourth-order valence-corrected chi connectivity index (χ4v) is 3.44. The summed E-state index contributed by atoms with van der Waals surface area (Å²) in [7, 11) is 0. The van der Waals surface area contributed by atoms with Gasteiger partial charge in [-0.25, -0.2) is 4.98 Å². The fourth-order valence-electron chi connectivity index (χ4n) is 2.42. The summed E-state index contributed by atoms with van der Waals surface area (Å²) >= 11 is 4.92. The molecule has 6 heteroatoms. The highest BCUT2D eigenvalue weighted by Crippen LogP contribution is 2.23. The van der Waals surface area contributed by atoms with Crippen LogP contribution in [0.15, 0.2) is 46.4 Å². The fraction of sp³-hybridized carbons (Fsp3) is 0.176. The summed E-state index contributed by atoms with van der Waals surface area (Å²) < 4.78 is 8.55. The molecule has 1 aromatic carbocycles. The highest BCUT2D eigenvalue weighted by Gasteiger charge is 2.18. The van der Waals surface area contributed by atoms with E-state index < -0.39 is 0 Å². The summed E-state index contributed by atoms with van der Waals surface area (Å²) in [6, 6.07) is 9.32. The number of rotatable bonds is 5. The van der Waals surface area contributed by atoms with E-state index in [1.165, 1.54) is 0 Å². The van der Waals surface area contributed by atoms with Crippen LogP contribution in [0.1, 0.15) is 21.7 Å². The molecule has 2 heterocycles. The molecule has 4 nitrogen and oxygen atoms in total. The number of hydrogen-bond donors (Lipinski definition) is 0. The Hall–Kier alpha value is -1.92. The van der Waals surface area contributed by atoms with Crippen LogP contribution in [0.4, 0.5) is 0 Å². The number of halogens is 1. The Morgan fingerprint density at radius 2 is 2.04 bits per heavy atom. The maximum atomic E-state index is 12.5. The minimum absolute atomic E-state index is 0.0177. The first-order chi connectivity index (χ1) is 11.1. The van der Waals surface area contributed by atoms with E-state index in [2.05, 4.69) is 20.9 Å². The molecule has 0 unspecified atom stereocenters. The minimum atomic E-state index is -0.0381. The van der Waals surface area contributed by atoms with Crippen LogP contribution in [-0.4, -0.2) is 21.9 Å². The van der Waals surface area contributed by atoms with Crippen molar-refractivity contribution in [1.82, 2.24) is 9.55 Å². The van der Waals surface area contributed by atoms with Gasteiger partial charge in [-0.05, 0) is 44.2 Å². The zero-order valence-electron chi connectivity index (χ0n) is 12.7. The van der Waals surface area contributed by atoms with Gasteiger partial charge in [0.2, 0.25) is 5.78 Å². The number of benzene rings is 1. The molecule has 0 N–H and O–H groups in total. The number of aromatic nitrogens is 2. The van der Waals surface area contributed by atoms with E-state index in [1.807, 2.05) is 54.1 Å². The highest BCUT2D eigenvalue weighted by atomic mass is 79.9. The molecule has 0 radical (unpaired) electrons. The average molecular weight is 391 g/mol. The topological polar surface area (TPSA) is 44.1 Å². The Balaban J connectivity index is 1.78. The normalized spacial score (nSPS) is 10.7. The van der Waals surface area contributed by atoms with E-state index in [4.69, 9.17) is 4.74 Å². The van der Waals surface area contributed by atoms with E-state index in [-0.39, 0.29) is 12.4 Å². The predicted molar refractivity (Wildman–Crippen MR) is 94.9 cm³/mol. The zero-order chi connectivity index (χ0) is 16.4. The summed E-state index contributed by atoms with van der Waals surface area (Å²) in [5, 5.41) is 2.79. The summed E-state index contributed by atoms with van der Waals surface area (Å²) in [5.41, 5.74) is 2.56. The number of nitrogens with zero attached hydrogens (tertiary/aromatic N) is 2. The SMILES string of the molecule is Cc1cc(C(=O)COc2ccc(Br)cc2)c(C)n1-c1nccs1. The van der Waals surface area contributed by atoms with E-state index in [9.17, 15) is 4.79 Å². The van der Waals surface area contributed by atoms with Crippen LogP contribution in [0, 0.1) is 13.8 Å². The van der Waals surface area contributed by atoms with Crippen molar-refractivity contribution in [3.05, 3.63) is 63.3 Å². The minimum Gasteiger partial charge on any atom is -0.485 e. The maximum Gasteiger partial charge on any atom is 0.202 e. The molecule has 3 aromatic rings. The molecule has 23 heavy (non-hydrogen) atoms. The van der Waals surface area contributed by atoms with Gasteiger partial charge in [0, 0.05) is 33.0 Å². The Kier molecular flexibility index (Phi) is 4.63. The molecule has 118 valence electrons. The molecule has 0 aliphatic carbocycles. The Morgan fingerprint density at radius 1 is 1.30 bits per heavy atom. The summed E-state index contributed by atoms with van der Waals surface area (Å²) in [6.07, 6.45) is 1.76. The Bertz CT molecular complexity index is 823. The molecule has 2 aromatic heterocycles. The highest BCUT2D eigenvalue weighted by molar-refractivity contribution is 9.10. The molecule has 0 spiro atoms. The Labute approximate surface area is 146 Å². The second-order valence-corrected chi connectivity index (χ2v) is 6.89. The molecule has 3 rings (SSSR count). The number of thiazole rings is 1. The van der Waals surface area contributed by atoms with Crippen LogP contribution in [0.2, 0.25) is 0 Å². The zero-order valence-corrected chi connectivity index (χ0v) is 15.1. The number of carbonyl (C=O) groups is 1. The first-order valence-electron chi connectivity index (χ1n) is 7.06. The van der Waals surface area contributed by atoms with Crippen molar-refractivity contribution in [3.63, 3.8) is 0 Å². The first kappa shape index (κ1) is 16.0. The summed E-state index contributed by atoms with van der Waals surface area (Å²) in [6.45, 7) is 3.92. The van der Waals surface area contributed by atoms with Gasteiger partial charge < -0.3 is 4.74 Å². The number of aryl methyl sites for hydroxylation is 1. The summed E-state index contributed by atoms with van der Waals surface area (Å²) in [4.78, 5) is 16.8. The van der Waals surface area contributed by atoms with Crippen LogP contribution < -0.4 is 4.74 Å². The predicted octanol–water partition coefficient (Wildman–Crippen LogP) is 4.57. The van der Waals surface area contributed by atoms with Crippen LogP contribution in [0.25, 0.3) is 5.13 Å². The van der Waals surface area contributed by atoms with Gasteiger partial charge in [0.1, 0.15) is 5.75 Å². The van der Waals surface area contributed by atoms with Crippen molar-refractivity contribution in [1.29, 1.82) is 0 Å². The lowest BCUT2D eigenvalue weighted by molar-refractivity contribution is 0.0921. The largest absolute Gasteiger partial charge is 0.485 e. The van der Waals surface area contributed by atoms with Gasteiger partial charge in [-0.3, -0.25) is 9.36 Å². The van der Waals surface area contributed by atoms with Gasteiger partial charge in [0.05, 0.1) is 0 Å². The van der Waals surface area contributed by atoms with Gasteiger partial charge in [0.15, 0.2) is 11.7 Å². The van der Waals surface area contributed by atoms with Crippen molar-refractivity contribution >= 4 is 33.0 Å². The lowest BCUT2D eigenvalue weighted by atomic mass is 10.1. The van der Waals surface area contributed by atoms with Gasteiger partial charge in [-0.15, -0.1) is 11.3 Å². The monoisotopic (exact) mass is 390 g/mol. The molecule has 0 amide bonds. The van der Waals surface area contributed by atoms with Crippen molar-refractivity contribution in [3.8, 4) is 10.9 Å². The van der Waals surface area contributed by atoms with Gasteiger partial charge in [-0.2, -0.15) is 0 Å². The van der Waals surface area contributed by atoms with E-state index in [0.717, 1.165) is 21.0 Å². The van der Waals surface area contributed by atoms with Crippen LogP contribution >= 0.6 is 27.3 Å². The average Bonchev–Trinajstić information content (AvgIpc) is 3.14. The molecule has 0 saturated carbocycles. The number of ketones is 1. The molecule has 0 aliphatic rings. The third-order valence-electron chi connectivity index (χ3n) is 3.53. The standard InChI is InChI=1S/C17H15BrN2O2S/c1-11-9-15(12(2)20(11)17-19-7-8-23-17)16(21)10-22-14-5-3-13(18)4-6-14/h3-9H,10H2,1-2H3. The second kappa shape index (κ2) is 6.68.